The van der Waals surface area contributed by atoms with E-state index in [-0.39, 0.29) is 41.4 Å². The van der Waals surface area contributed by atoms with Crippen LogP contribution in [0, 0.1) is 12.7 Å². The maximum atomic E-state index is 14.2. The van der Waals surface area contributed by atoms with E-state index in [1.165, 1.54) is 17.0 Å². The second-order valence-electron chi connectivity index (χ2n) is 8.05. The Morgan fingerprint density at radius 1 is 1.20 bits per heavy atom. The third-order valence-electron chi connectivity index (χ3n) is 5.69. The summed E-state index contributed by atoms with van der Waals surface area (Å²) in [6, 6.07) is 11.6. The molecule has 3 rings (SSSR count). The average molecular weight is 431 g/mol. The number of halogens is 2. The second kappa shape index (κ2) is 10.1. The highest BCUT2D eigenvalue weighted by atomic mass is 35.5. The van der Waals surface area contributed by atoms with Gasteiger partial charge in [-0.05, 0) is 44.4 Å². The van der Waals surface area contributed by atoms with Crippen molar-refractivity contribution >= 4 is 23.4 Å². The third-order valence-corrected chi connectivity index (χ3v) is 6.05. The topological polar surface area (TPSA) is 49.4 Å². The Kier molecular flexibility index (Phi) is 7.48. The van der Waals surface area contributed by atoms with Crippen LogP contribution in [0.2, 0.25) is 5.02 Å². The van der Waals surface area contributed by atoms with Gasteiger partial charge in [-0.1, -0.05) is 60.3 Å². The molecular weight excluding hydrogens is 403 g/mol. The summed E-state index contributed by atoms with van der Waals surface area (Å²) in [6.45, 7) is 3.97. The summed E-state index contributed by atoms with van der Waals surface area (Å²) in [4.78, 5) is 27.6. The van der Waals surface area contributed by atoms with Crippen molar-refractivity contribution in [2.45, 2.75) is 64.6 Å². The molecule has 1 aliphatic rings. The highest BCUT2D eigenvalue weighted by Gasteiger charge is 2.29. The Morgan fingerprint density at radius 3 is 2.57 bits per heavy atom. The van der Waals surface area contributed by atoms with Crippen molar-refractivity contribution in [2.75, 3.05) is 0 Å². The number of benzene rings is 2. The molecule has 0 aromatic heterocycles. The van der Waals surface area contributed by atoms with Crippen LogP contribution in [0.1, 0.15) is 49.3 Å². The van der Waals surface area contributed by atoms with Crippen molar-refractivity contribution in [3.05, 3.63) is 70.0 Å². The molecule has 160 valence electrons. The van der Waals surface area contributed by atoms with Crippen molar-refractivity contribution < 1.29 is 14.0 Å². The predicted molar refractivity (Wildman–Crippen MR) is 117 cm³/mol. The zero-order valence-electron chi connectivity index (χ0n) is 17.5. The summed E-state index contributed by atoms with van der Waals surface area (Å²) in [5.41, 5.74) is 2.14. The summed E-state index contributed by atoms with van der Waals surface area (Å²) >= 11 is 6.12. The van der Waals surface area contributed by atoms with Crippen LogP contribution in [0.25, 0.3) is 0 Å². The fourth-order valence-electron chi connectivity index (χ4n) is 3.94. The van der Waals surface area contributed by atoms with Crippen molar-refractivity contribution in [3.63, 3.8) is 0 Å². The van der Waals surface area contributed by atoms with Crippen molar-refractivity contribution in [1.29, 1.82) is 0 Å². The van der Waals surface area contributed by atoms with Crippen LogP contribution in [0.5, 0.6) is 0 Å². The van der Waals surface area contributed by atoms with E-state index in [4.69, 9.17) is 11.6 Å². The lowest BCUT2D eigenvalue weighted by Crippen LogP contribution is -2.50. The summed E-state index contributed by atoms with van der Waals surface area (Å²) < 4.78 is 14.2. The van der Waals surface area contributed by atoms with Gasteiger partial charge in [-0.3, -0.25) is 9.59 Å². The molecule has 2 amide bonds. The molecule has 2 aromatic carbocycles. The number of rotatable bonds is 7. The van der Waals surface area contributed by atoms with Gasteiger partial charge in [0.1, 0.15) is 11.9 Å². The Hall–Kier alpha value is -2.40. The molecule has 0 aliphatic heterocycles. The number of amides is 2. The van der Waals surface area contributed by atoms with E-state index < -0.39 is 11.9 Å². The van der Waals surface area contributed by atoms with E-state index >= 15 is 0 Å². The van der Waals surface area contributed by atoms with Gasteiger partial charge in [-0.2, -0.15) is 0 Å². The minimum absolute atomic E-state index is 0.154. The molecular formula is C24H28ClFN2O2. The summed E-state index contributed by atoms with van der Waals surface area (Å²) in [7, 11) is 0. The molecule has 1 N–H and O–H groups in total. The Morgan fingerprint density at radius 2 is 1.90 bits per heavy atom. The molecule has 0 saturated heterocycles. The minimum atomic E-state index is -0.677. The number of carbonyl (C=O) groups excluding carboxylic acids is 2. The van der Waals surface area contributed by atoms with E-state index in [9.17, 15) is 14.0 Å². The van der Waals surface area contributed by atoms with Crippen molar-refractivity contribution in [2.24, 2.45) is 0 Å². The number of hydrogen-bond acceptors (Lipinski definition) is 2. The molecule has 1 saturated carbocycles. The fraction of sp³-hybridized carbons (Fsp3) is 0.417. The van der Waals surface area contributed by atoms with Gasteiger partial charge in [0.25, 0.3) is 0 Å². The van der Waals surface area contributed by atoms with Crippen LogP contribution in [0.3, 0.4) is 0 Å². The minimum Gasteiger partial charge on any atom is -0.352 e. The van der Waals surface area contributed by atoms with Crippen LogP contribution in [0.15, 0.2) is 42.5 Å². The van der Waals surface area contributed by atoms with Gasteiger partial charge in [-0.25, -0.2) is 4.39 Å². The normalized spacial score (nSPS) is 15.1. The van der Waals surface area contributed by atoms with Gasteiger partial charge in [0.2, 0.25) is 11.8 Å². The zero-order valence-corrected chi connectivity index (χ0v) is 18.2. The number of aryl methyl sites for hydroxylation is 1. The van der Waals surface area contributed by atoms with Crippen LogP contribution in [0.4, 0.5) is 4.39 Å². The van der Waals surface area contributed by atoms with E-state index in [2.05, 4.69) is 5.32 Å². The largest absolute Gasteiger partial charge is 0.352 e. The van der Waals surface area contributed by atoms with Crippen molar-refractivity contribution in [3.8, 4) is 0 Å². The quantitative estimate of drug-likeness (QED) is 0.685. The maximum absolute atomic E-state index is 14.2. The first-order chi connectivity index (χ1) is 14.3. The monoisotopic (exact) mass is 430 g/mol. The molecule has 1 fully saturated rings. The summed E-state index contributed by atoms with van der Waals surface area (Å²) in [6.07, 6.45) is 3.96. The van der Waals surface area contributed by atoms with Crippen LogP contribution in [-0.2, 0) is 22.6 Å². The summed E-state index contributed by atoms with van der Waals surface area (Å²) in [5, 5.41) is 3.27. The van der Waals surface area contributed by atoms with Crippen LogP contribution in [-0.4, -0.2) is 28.8 Å². The molecule has 0 bridgehead atoms. The lowest BCUT2D eigenvalue weighted by Gasteiger charge is -2.30. The molecule has 1 atom stereocenters. The lowest BCUT2D eigenvalue weighted by atomic mass is 10.1. The first kappa shape index (κ1) is 22.3. The molecule has 0 unspecified atom stereocenters. The van der Waals surface area contributed by atoms with Gasteiger partial charge in [0.15, 0.2) is 0 Å². The highest BCUT2D eigenvalue weighted by Crippen LogP contribution is 2.22. The Labute approximate surface area is 182 Å². The fourth-order valence-corrected chi connectivity index (χ4v) is 4.17. The number of nitrogens with one attached hydrogen (secondary N) is 1. The molecule has 0 radical (unpaired) electrons. The molecule has 30 heavy (non-hydrogen) atoms. The smallest absolute Gasteiger partial charge is 0.242 e. The second-order valence-corrected chi connectivity index (χ2v) is 8.46. The molecule has 4 nitrogen and oxygen atoms in total. The lowest BCUT2D eigenvalue weighted by molar-refractivity contribution is -0.140. The van der Waals surface area contributed by atoms with E-state index in [1.807, 2.05) is 31.2 Å². The number of carbonyl (C=O) groups is 2. The molecule has 0 spiro atoms. The zero-order chi connectivity index (χ0) is 21.7. The van der Waals surface area contributed by atoms with Gasteiger partial charge >= 0.3 is 0 Å². The standard InChI is InChI=1S/C24H28ClFN2O2/c1-16-7-5-8-18(13-16)15-28(17(2)24(30)27-19-9-3-4-10-19)23(29)14-20-21(25)11-6-12-22(20)26/h5-8,11-13,17,19H,3-4,9-10,14-15H2,1-2H3,(H,27,30)/t17-/m1/s1. The molecule has 2 aromatic rings. The Bertz CT molecular complexity index is 892. The van der Waals surface area contributed by atoms with E-state index in [1.54, 1.807) is 13.0 Å². The Balaban J connectivity index is 1.82. The summed E-state index contributed by atoms with van der Waals surface area (Å²) in [5.74, 6) is -1.03. The highest BCUT2D eigenvalue weighted by molar-refractivity contribution is 6.31. The first-order valence-corrected chi connectivity index (χ1v) is 10.8. The van der Waals surface area contributed by atoms with Gasteiger partial charge in [-0.15, -0.1) is 0 Å². The first-order valence-electron chi connectivity index (χ1n) is 10.4. The van der Waals surface area contributed by atoms with Crippen LogP contribution >= 0.6 is 11.6 Å². The third kappa shape index (κ3) is 5.60. The predicted octanol–water partition coefficient (Wildman–Crippen LogP) is 4.81. The molecule has 6 heteroatoms. The maximum Gasteiger partial charge on any atom is 0.242 e. The molecule has 1 aliphatic carbocycles. The van der Waals surface area contributed by atoms with Gasteiger partial charge in [0.05, 0.1) is 6.42 Å². The average Bonchev–Trinajstić information content (AvgIpc) is 3.21. The number of nitrogens with zero attached hydrogens (tertiary/aromatic N) is 1. The van der Waals surface area contributed by atoms with Gasteiger partial charge in [0, 0.05) is 23.2 Å². The SMILES string of the molecule is Cc1cccc(CN(C(=O)Cc2c(F)cccc2Cl)[C@H](C)C(=O)NC2CCCC2)c1. The van der Waals surface area contributed by atoms with Gasteiger partial charge < -0.3 is 10.2 Å². The van der Waals surface area contributed by atoms with Crippen molar-refractivity contribution in [1.82, 2.24) is 10.2 Å². The van der Waals surface area contributed by atoms with E-state index in [0.29, 0.717) is 0 Å². The van der Waals surface area contributed by atoms with E-state index in [0.717, 1.165) is 36.8 Å². The van der Waals surface area contributed by atoms with Crippen LogP contribution < -0.4 is 5.32 Å². The number of hydrogen-bond donors (Lipinski definition) is 1. The molecule has 0 heterocycles.